The maximum Gasteiger partial charge on any atom is 0.114 e. The number of ether oxygens (including phenoxy) is 2. The van der Waals surface area contributed by atoms with Crippen LogP contribution in [0.5, 0.6) is 0 Å². The van der Waals surface area contributed by atoms with Crippen molar-refractivity contribution >= 4 is 0 Å². The van der Waals surface area contributed by atoms with Crippen molar-refractivity contribution in [3.8, 4) is 0 Å². The van der Waals surface area contributed by atoms with E-state index >= 15 is 0 Å². The Kier molecular flexibility index (Phi) is 17.7. The molecule has 1 aliphatic heterocycles. The molecule has 0 aromatic carbocycles. The summed E-state index contributed by atoms with van der Waals surface area (Å²) in [6.45, 7) is 2.58. The Morgan fingerprint density at radius 1 is 0.867 bits per heavy atom. The third kappa shape index (κ3) is 13.1. The predicted molar refractivity (Wildman–Crippen MR) is 123 cm³/mol. The van der Waals surface area contributed by atoms with Crippen LogP contribution >= 0.6 is 0 Å². The van der Waals surface area contributed by atoms with Crippen LogP contribution in [0.2, 0.25) is 0 Å². The van der Waals surface area contributed by atoms with Gasteiger partial charge < -0.3 is 24.8 Å². The van der Waals surface area contributed by atoms with Crippen LogP contribution in [0.15, 0.2) is 12.2 Å². The van der Waals surface area contributed by atoms with Crippen molar-refractivity contribution in [2.75, 3.05) is 19.8 Å². The zero-order valence-corrected chi connectivity index (χ0v) is 19.4. The van der Waals surface area contributed by atoms with E-state index in [2.05, 4.69) is 19.1 Å². The summed E-state index contributed by atoms with van der Waals surface area (Å²) in [6.07, 6.45) is 21.1. The Balaban J connectivity index is 1.78. The average molecular weight is 429 g/mol. The van der Waals surface area contributed by atoms with E-state index in [1.54, 1.807) is 0 Å². The molecular weight excluding hydrogens is 380 g/mol. The van der Waals surface area contributed by atoms with Crippen LogP contribution in [0.25, 0.3) is 0 Å². The summed E-state index contributed by atoms with van der Waals surface area (Å²) in [5, 5.41) is 28.6. The second-order valence-electron chi connectivity index (χ2n) is 8.76. The Morgan fingerprint density at radius 2 is 1.37 bits per heavy atom. The molecule has 1 fully saturated rings. The maximum absolute atomic E-state index is 10.1. The highest BCUT2D eigenvalue weighted by Crippen LogP contribution is 2.20. The van der Waals surface area contributed by atoms with E-state index in [9.17, 15) is 10.2 Å². The molecule has 0 bridgehead atoms. The fourth-order valence-electron chi connectivity index (χ4n) is 4.09. The van der Waals surface area contributed by atoms with Gasteiger partial charge in [0.2, 0.25) is 0 Å². The Morgan fingerprint density at radius 3 is 1.87 bits per heavy atom. The van der Waals surface area contributed by atoms with Crippen LogP contribution in [-0.2, 0) is 9.47 Å². The van der Waals surface area contributed by atoms with Gasteiger partial charge >= 0.3 is 0 Å². The summed E-state index contributed by atoms with van der Waals surface area (Å²) in [6, 6.07) is 0. The summed E-state index contributed by atoms with van der Waals surface area (Å²) in [5.41, 5.74) is 0. The van der Waals surface area contributed by atoms with Crippen molar-refractivity contribution in [2.24, 2.45) is 0 Å². The van der Waals surface area contributed by atoms with Gasteiger partial charge in [-0.05, 0) is 26.2 Å². The number of allylic oxidation sites excluding steroid dienone is 2. The van der Waals surface area contributed by atoms with Gasteiger partial charge in [0, 0.05) is 6.61 Å². The smallest absolute Gasteiger partial charge is 0.114 e. The number of unbranched alkanes of at least 4 members (excludes halogenated alkanes) is 14. The lowest BCUT2D eigenvalue weighted by atomic mass is 10.0. The average Bonchev–Trinajstić information content (AvgIpc) is 3.12. The number of aliphatic hydroxyl groups is 3. The maximum atomic E-state index is 10.1. The molecule has 0 unspecified atom stereocenters. The van der Waals surface area contributed by atoms with Crippen molar-refractivity contribution in [1.82, 2.24) is 0 Å². The molecule has 0 radical (unpaired) electrons. The normalized spacial score (nSPS) is 22.9. The standard InChI is InChI=1S/C25H48O5/c1-2-3-4-5-6-7-8-9-10-11-12-13-14-15-16-17-18-19-29-23-21-30-25(24(23)28)22(27)20-26/h2-3,22-28H,4-21H2,1H3/b3-2+/t22-,23+,24+,25+/m1/s1. The van der Waals surface area contributed by atoms with Gasteiger partial charge in [-0.25, -0.2) is 0 Å². The number of hydrogen-bond donors (Lipinski definition) is 3. The topological polar surface area (TPSA) is 79.2 Å². The van der Waals surface area contributed by atoms with Gasteiger partial charge in [0.25, 0.3) is 0 Å². The molecular formula is C25H48O5. The Hall–Kier alpha value is -0.460. The second kappa shape index (κ2) is 19.2. The highest BCUT2D eigenvalue weighted by Gasteiger charge is 2.40. The largest absolute Gasteiger partial charge is 0.394 e. The lowest BCUT2D eigenvalue weighted by Gasteiger charge is -2.20. The van der Waals surface area contributed by atoms with Crippen LogP contribution in [0.4, 0.5) is 0 Å². The summed E-state index contributed by atoms with van der Waals surface area (Å²) in [7, 11) is 0. The number of aliphatic hydroxyl groups excluding tert-OH is 3. The predicted octanol–water partition coefficient (Wildman–Crippen LogP) is 4.91. The van der Waals surface area contributed by atoms with E-state index in [4.69, 9.17) is 14.6 Å². The summed E-state index contributed by atoms with van der Waals surface area (Å²) >= 11 is 0. The second-order valence-corrected chi connectivity index (χ2v) is 8.76. The highest BCUT2D eigenvalue weighted by molar-refractivity contribution is 4.88. The van der Waals surface area contributed by atoms with E-state index in [-0.39, 0.29) is 6.61 Å². The van der Waals surface area contributed by atoms with Gasteiger partial charge in [0.15, 0.2) is 0 Å². The van der Waals surface area contributed by atoms with Crippen LogP contribution < -0.4 is 0 Å². The lowest BCUT2D eigenvalue weighted by Crippen LogP contribution is -2.41. The molecule has 0 spiro atoms. The summed E-state index contributed by atoms with van der Waals surface area (Å²) in [5.74, 6) is 0. The van der Waals surface area contributed by atoms with Crippen molar-refractivity contribution in [3.05, 3.63) is 12.2 Å². The van der Waals surface area contributed by atoms with Gasteiger partial charge in [0.1, 0.15) is 24.4 Å². The molecule has 30 heavy (non-hydrogen) atoms. The molecule has 3 N–H and O–H groups in total. The molecule has 0 aliphatic carbocycles. The van der Waals surface area contributed by atoms with Gasteiger partial charge in [-0.1, -0.05) is 89.2 Å². The van der Waals surface area contributed by atoms with Gasteiger partial charge in [-0.3, -0.25) is 0 Å². The van der Waals surface area contributed by atoms with Gasteiger partial charge in [0.05, 0.1) is 13.2 Å². The molecule has 1 aliphatic rings. The molecule has 5 nitrogen and oxygen atoms in total. The van der Waals surface area contributed by atoms with Gasteiger partial charge in [-0.2, -0.15) is 0 Å². The van der Waals surface area contributed by atoms with Crippen molar-refractivity contribution < 1.29 is 24.8 Å². The Bertz CT molecular complexity index is 401. The molecule has 4 atom stereocenters. The van der Waals surface area contributed by atoms with Crippen molar-refractivity contribution in [3.63, 3.8) is 0 Å². The molecule has 0 aromatic heterocycles. The fraction of sp³-hybridized carbons (Fsp3) is 0.920. The van der Waals surface area contributed by atoms with E-state index in [1.165, 1.54) is 83.5 Å². The minimum absolute atomic E-state index is 0.277. The van der Waals surface area contributed by atoms with E-state index in [0.29, 0.717) is 6.61 Å². The molecule has 0 amide bonds. The highest BCUT2D eigenvalue weighted by atomic mass is 16.6. The van der Waals surface area contributed by atoms with Crippen molar-refractivity contribution in [2.45, 2.75) is 128 Å². The van der Waals surface area contributed by atoms with E-state index < -0.39 is 31.0 Å². The Labute approximate surface area is 184 Å². The first kappa shape index (κ1) is 27.6. The minimum atomic E-state index is -1.05. The molecule has 178 valence electrons. The van der Waals surface area contributed by atoms with E-state index in [1.807, 2.05) is 0 Å². The third-order valence-electron chi connectivity index (χ3n) is 6.07. The SMILES string of the molecule is C/C=C/CCCCCCCCCCCCCCCCO[C@H]1CO[C@@H]([C@H](O)CO)[C@H]1O. The zero-order chi connectivity index (χ0) is 21.9. The molecule has 0 aromatic rings. The van der Waals surface area contributed by atoms with Crippen molar-refractivity contribution in [1.29, 1.82) is 0 Å². The molecule has 1 saturated heterocycles. The van der Waals surface area contributed by atoms with E-state index in [0.717, 1.165) is 12.8 Å². The monoisotopic (exact) mass is 428 g/mol. The molecule has 0 saturated carbocycles. The van der Waals surface area contributed by atoms with Crippen LogP contribution in [0.3, 0.4) is 0 Å². The zero-order valence-electron chi connectivity index (χ0n) is 19.4. The van der Waals surface area contributed by atoms with Crippen LogP contribution in [-0.4, -0.2) is 59.6 Å². The molecule has 1 rings (SSSR count). The third-order valence-corrected chi connectivity index (χ3v) is 6.07. The van der Waals surface area contributed by atoms with Crippen LogP contribution in [0, 0.1) is 0 Å². The first-order valence-electron chi connectivity index (χ1n) is 12.5. The molecule has 1 heterocycles. The fourth-order valence-corrected chi connectivity index (χ4v) is 4.09. The van der Waals surface area contributed by atoms with Crippen LogP contribution in [0.1, 0.15) is 103 Å². The number of rotatable bonds is 20. The first-order chi connectivity index (χ1) is 14.7. The first-order valence-corrected chi connectivity index (χ1v) is 12.5. The minimum Gasteiger partial charge on any atom is -0.394 e. The number of hydrogen-bond acceptors (Lipinski definition) is 5. The lowest BCUT2D eigenvalue weighted by molar-refractivity contribution is -0.0730. The summed E-state index contributed by atoms with van der Waals surface area (Å²) in [4.78, 5) is 0. The molecule has 5 heteroatoms. The quantitative estimate of drug-likeness (QED) is 0.190. The van der Waals surface area contributed by atoms with Gasteiger partial charge in [-0.15, -0.1) is 0 Å². The summed E-state index contributed by atoms with van der Waals surface area (Å²) < 4.78 is 11.0.